The van der Waals surface area contributed by atoms with E-state index in [0.29, 0.717) is 28.7 Å². The number of para-hydroxylation sites is 3. The maximum Gasteiger partial charge on any atom is 0.166 e. The molecule has 3 aromatic heterocycles. The van der Waals surface area contributed by atoms with Crippen molar-refractivity contribution >= 4 is 43.6 Å². The van der Waals surface area contributed by atoms with Gasteiger partial charge in [-0.25, -0.2) is 15.0 Å². The Morgan fingerprint density at radius 3 is 1.65 bits per heavy atom. The van der Waals surface area contributed by atoms with E-state index in [1.807, 2.05) is 133 Å². The number of aromatic nitrogens is 5. The first-order chi connectivity index (χ1) is 33.7. The van der Waals surface area contributed by atoms with Gasteiger partial charge in [0.2, 0.25) is 0 Å². The number of hydrogen-bond donors (Lipinski definition) is 0. The van der Waals surface area contributed by atoms with Crippen LogP contribution in [0.3, 0.4) is 0 Å². The van der Waals surface area contributed by atoms with E-state index in [9.17, 15) is 5.48 Å². The number of hydrogen-bond acceptors (Lipinski definition) is 3. The third-order valence-electron chi connectivity index (χ3n) is 11.4. The normalized spacial score (nSPS) is 13.1. The van der Waals surface area contributed by atoms with Crippen LogP contribution in [0, 0.1) is 0 Å². The summed E-state index contributed by atoms with van der Waals surface area (Å²) in [6.07, 6.45) is 0. The van der Waals surface area contributed by atoms with E-state index < -0.39 is 12.1 Å². The molecule has 3 heterocycles. The van der Waals surface area contributed by atoms with Gasteiger partial charge < -0.3 is 9.13 Å². The van der Waals surface area contributed by atoms with Crippen LogP contribution in [0.5, 0.6) is 0 Å². The lowest BCUT2D eigenvalue weighted by molar-refractivity contribution is 1.06. The van der Waals surface area contributed by atoms with E-state index >= 15 is 0 Å². The van der Waals surface area contributed by atoms with Crippen LogP contribution >= 0.6 is 0 Å². The van der Waals surface area contributed by atoms with Crippen molar-refractivity contribution in [2.75, 3.05) is 0 Å². The second-order valence-electron chi connectivity index (χ2n) is 15.1. The summed E-state index contributed by atoms with van der Waals surface area (Å²) in [6.45, 7) is 0. The molecule has 0 unspecified atom stereocenters. The summed E-state index contributed by atoms with van der Waals surface area (Å²) in [5.74, 6) is 1.49. The topological polar surface area (TPSA) is 48.5 Å². The van der Waals surface area contributed by atoms with Crippen LogP contribution in [0.15, 0.2) is 224 Å². The van der Waals surface area contributed by atoms with Gasteiger partial charge in [-0.1, -0.05) is 182 Å². The van der Waals surface area contributed by atoms with Gasteiger partial charge in [0.15, 0.2) is 17.5 Å². The molecule has 0 aliphatic carbocycles. The van der Waals surface area contributed by atoms with Gasteiger partial charge in [-0.2, -0.15) is 0 Å². The van der Waals surface area contributed by atoms with Gasteiger partial charge in [0.05, 0.1) is 37.3 Å². The molecular formula is C57H37N5. The average Bonchev–Trinajstić information content (AvgIpc) is 3.94. The predicted octanol–water partition coefficient (Wildman–Crippen LogP) is 14.4. The summed E-state index contributed by atoms with van der Waals surface area (Å²) in [5.41, 5.74) is 8.67. The predicted molar refractivity (Wildman–Crippen MR) is 256 cm³/mol. The van der Waals surface area contributed by atoms with Crippen LogP contribution in [0.4, 0.5) is 0 Å². The number of nitrogens with zero attached hydrogens (tertiary/aromatic N) is 5. The monoisotopic (exact) mass is 798 g/mol. The Kier molecular flexibility index (Phi) is 6.86. The van der Waals surface area contributed by atoms with Crippen molar-refractivity contribution in [2.24, 2.45) is 0 Å². The maximum atomic E-state index is 9.78. The first kappa shape index (κ1) is 28.9. The number of benzene rings is 9. The molecule has 0 aliphatic rings. The zero-order valence-corrected chi connectivity index (χ0v) is 33.1. The van der Waals surface area contributed by atoms with E-state index in [-0.39, 0.29) is 57.6 Å². The SMILES string of the molecule is [2H]c1c([2H])c([2H])c2c(c1[2H])c1c([2H])c([2H])c(-c3ccccc3)c([2H])c1n2-c1ccc2c3ccccc3n(-c3ccccc3-c3nc(-c4ccccc4)nc(-c4ccc(-c5ccccc5)cc4)n3)c2c1. The molecule has 12 aromatic rings. The van der Waals surface area contributed by atoms with Crippen LogP contribution in [0.1, 0.15) is 9.60 Å². The highest BCUT2D eigenvalue weighted by molar-refractivity contribution is 6.12. The average molecular weight is 799 g/mol. The molecule has 0 atom stereocenters. The fraction of sp³-hybridized carbons (Fsp3) is 0. The lowest BCUT2D eigenvalue weighted by Gasteiger charge is -2.15. The molecule has 5 nitrogen and oxygen atoms in total. The Hall–Kier alpha value is -8.41. The van der Waals surface area contributed by atoms with Gasteiger partial charge in [-0.15, -0.1) is 0 Å². The molecule has 9 aromatic carbocycles. The molecule has 0 radical (unpaired) electrons. The van der Waals surface area contributed by atoms with Crippen molar-refractivity contribution < 1.29 is 9.60 Å². The minimum atomic E-state index is -0.454. The van der Waals surface area contributed by atoms with Crippen molar-refractivity contribution in [2.45, 2.75) is 0 Å². The van der Waals surface area contributed by atoms with Gasteiger partial charge in [0, 0.05) is 43.9 Å². The molecule has 0 N–H and O–H groups in total. The maximum absolute atomic E-state index is 9.78. The van der Waals surface area contributed by atoms with E-state index in [2.05, 4.69) is 41.0 Å². The molecule has 0 aliphatic heterocycles. The summed E-state index contributed by atoms with van der Waals surface area (Å²) >= 11 is 0. The highest BCUT2D eigenvalue weighted by Gasteiger charge is 2.21. The minimum absolute atomic E-state index is 0.0641. The van der Waals surface area contributed by atoms with Gasteiger partial charge in [0.1, 0.15) is 0 Å². The van der Waals surface area contributed by atoms with Gasteiger partial charge >= 0.3 is 0 Å². The third-order valence-corrected chi connectivity index (χ3v) is 11.4. The Balaban J connectivity index is 1.12. The first-order valence-corrected chi connectivity index (χ1v) is 20.4. The standard InChI is InChI=1S/C57H37N5/c1-4-16-38(17-5-1)40-28-30-42(31-29-40)56-58-55(41-20-8-3-9-21-41)59-57(60-56)49-24-12-15-27-52(49)62-51-26-14-11-23-46(51)48-35-33-44(37-54(48)62)61-50-25-13-10-22-45(50)47-34-32-43(36-53(47)61)39-18-6-2-7-19-39/h1-37H/i10D,13D,22D,25D,32D,34D,36D. The van der Waals surface area contributed by atoms with Crippen molar-refractivity contribution in [3.8, 4) is 67.8 Å². The molecule has 0 amide bonds. The van der Waals surface area contributed by atoms with E-state index in [1.54, 1.807) is 16.7 Å². The highest BCUT2D eigenvalue weighted by atomic mass is 15.1. The van der Waals surface area contributed by atoms with Crippen molar-refractivity contribution in [3.05, 3.63) is 224 Å². The Bertz CT molecular complexity index is 4020. The highest BCUT2D eigenvalue weighted by Crippen LogP contribution is 2.40. The second-order valence-corrected chi connectivity index (χ2v) is 15.1. The number of fused-ring (bicyclic) bond motifs is 6. The fourth-order valence-electron chi connectivity index (χ4n) is 8.52. The molecule has 0 fully saturated rings. The quantitative estimate of drug-likeness (QED) is 0.161. The summed E-state index contributed by atoms with van der Waals surface area (Å²) in [6, 6.07) is 57.2. The molecule has 62 heavy (non-hydrogen) atoms. The molecule has 290 valence electrons. The van der Waals surface area contributed by atoms with Gasteiger partial charge in [-0.3, -0.25) is 0 Å². The molecule has 0 bridgehead atoms. The third kappa shape index (κ3) is 5.98. The molecule has 0 saturated carbocycles. The van der Waals surface area contributed by atoms with Gasteiger partial charge in [-0.05, 0) is 64.7 Å². The lowest BCUT2D eigenvalue weighted by Crippen LogP contribution is -2.04. The summed E-state index contributed by atoms with van der Waals surface area (Å²) < 4.78 is 68.2. The van der Waals surface area contributed by atoms with Crippen molar-refractivity contribution in [1.29, 1.82) is 0 Å². The largest absolute Gasteiger partial charge is 0.309 e. The van der Waals surface area contributed by atoms with Gasteiger partial charge in [0.25, 0.3) is 0 Å². The van der Waals surface area contributed by atoms with Crippen LogP contribution in [-0.2, 0) is 0 Å². The van der Waals surface area contributed by atoms with Crippen LogP contribution in [-0.4, -0.2) is 24.1 Å². The molecule has 0 saturated heterocycles. The Morgan fingerprint density at radius 1 is 0.339 bits per heavy atom. The second kappa shape index (κ2) is 14.7. The van der Waals surface area contributed by atoms with Crippen LogP contribution < -0.4 is 0 Å². The summed E-state index contributed by atoms with van der Waals surface area (Å²) in [5, 5.41) is 2.09. The summed E-state index contributed by atoms with van der Waals surface area (Å²) in [4.78, 5) is 15.4. The molecule has 12 rings (SSSR count). The fourth-order valence-corrected chi connectivity index (χ4v) is 8.52. The molecule has 0 spiro atoms. The van der Waals surface area contributed by atoms with E-state index in [4.69, 9.17) is 19.1 Å². The van der Waals surface area contributed by atoms with Crippen LogP contribution in [0.2, 0.25) is 0 Å². The Morgan fingerprint density at radius 2 is 0.887 bits per heavy atom. The zero-order chi connectivity index (χ0) is 47.1. The van der Waals surface area contributed by atoms with E-state index in [1.165, 1.54) is 0 Å². The number of rotatable bonds is 7. The lowest BCUT2D eigenvalue weighted by atomic mass is 10.0. The first-order valence-electron chi connectivity index (χ1n) is 23.9. The summed E-state index contributed by atoms with van der Waals surface area (Å²) in [7, 11) is 0. The van der Waals surface area contributed by atoms with Crippen LogP contribution in [0.25, 0.3) is 111 Å². The van der Waals surface area contributed by atoms with Crippen molar-refractivity contribution in [3.63, 3.8) is 0 Å². The van der Waals surface area contributed by atoms with E-state index in [0.717, 1.165) is 55.3 Å². The zero-order valence-electron chi connectivity index (χ0n) is 40.1. The molecule has 5 heteroatoms. The minimum Gasteiger partial charge on any atom is -0.309 e. The Labute approximate surface area is 368 Å². The van der Waals surface area contributed by atoms with Crippen molar-refractivity contribution in [1.82, 2.24) is 24.1 Å². The smallest absolute Gasteiger partial charge is 0.166 e. The molecular weight excluding hydrogens is 755 g/mol.